The van der Waals surface area contributed by atoms with E-state index in [1.807, 2.05) is 24.6 Å². The summed E-state index contributed by atoms with van der Waals surface area (Å²) in [6, 6.07) is 3.56. The summed E-state index contributed by atoms with van der Waals surface area (Å²) in [5, 5.41) is 24.5. The molecule has 7 unspecified atom stereocenters. The fourth-order valence-electron chi connectivity index (χ4n) is 13.9. The molecule has 14 heteroatoms. The van der Waals surface area contributed by atoms with Crippen LogP contribution in [0.4, 0.5) is 0 Å². The van der Waals surface area contributed by atoms with Crippen LogP contribution >= 0.6 is 11.6 Å². The fourth-order valence-corrected chi connectivity index (χ4v) is 14.2. The highest BCUT2D eigenvalue weighted by molar-refractivity contribution is 6.31. The first-order valence-electron chi connectivity index (χ1n) is 24.6. The molecule has 4 saturated carbocycles. The van der Waals surface area contributed by atoms with E-state index in [4.69, 9.17) is 31.6 Å². The minimum atomic E-state index is -1.19. The maximum atomic E-state index is 14.5. The number of fused-ring (bicyclic) bond motifs is 7. The summed E-state index contributed by atoms with van der Waals surface area (Å²) in [7, 11) is 3.03. The highest BCUT2D eigenvalue weighted by Crippen LogP contribution is 2.77. The lowest BCUT2D eigenvalue weighted by Crippen LogP contribution is -2.66. The Morgan fingerprint density at radius 1 is 0.971 bits per heavy atom. The number of ketones is 1. The third-order valence-corrected chi connectivity index (χ3v) is 17.9. The lowest BCUT2D eigenvalue weighted by Gasteiger charge is -2.72. The minimum absolute atomic E-state index is 0.0125. The van der Waals surface area contributed by atoms with Crippen molar-refractivity contribution < 1.29 is 38.8 Å². The molecule has 4 fully saturated rings. The second-order valence-electron chi connectivity index (χ2n) is 22.2. The van der Waals surface area contributed by atoms with Crippen LogP contribution in [0.2, 0.25) is 5.02 Å². The van der Waals surface area contributed by atoms with Gasteiger partial charge in [0.2, 0.25) is 5.88 Å². The molecule has 0 aliphatic heterocycles. The maximum absolute atomic E-state index is 14.5. The van der Waals surface area contributed by atoms with Gasteiger partial charge in [-0.3, -0.25) is 29.3 Å². The number of terminal acetylenes is 1. The number of pyridine rings is 1. The third kappa shape index (κ3) is 9.94. The number of aliphatic carboxylic acids is 1. The number of aliphatic hydroxyl groups is 1. The van der Waals surface area contributed by atoms with Crippen molar-refractivity contribution in [2.24, 2.45) is 50.7 Å². The second-order valence-corrected chi connectivity index (χ2v) is 22.6. The zero-order chi connectivity index (χ0) is 52.4. The first-order valence-corrected chi connectivity index (χ1v) is 25.0. The van der Waals surface area contributed by atoms with Crippen molar-refractivity contribution in [3.05, 3.63) is 62.9 Å². The van der Waals surface area contributed by atoms with Crippen molar-refractivity contribution >= 4 is 35.2 Å². The Morgan fingerprint density at radius 2 is 1.58 bits per heavy atom. The van der Waals surface area contributed by atoms with Gasteiger partial charge in [-0.05, 0) is 129 Å². The molecule has 0 spiro atoms. The number of ether oxygens (including phenoxy) is 3. The number of halogens is 1. The van der Waals surface area contributed by atoms with Crippen molar-refractivity contribution in [3.63, 3.8) is 0 Å². The molecule has 0 aromatic carbocycles. The van der Waals surface area contributed by atoms with Crippen LogP contribution in [0.15, 0.2) is 46.6 Å². The summed E-state index contributed by atoms with van der Waals surface area (Å²) in [4.78, 5) is 58.1. The molecule has 13 nitrogen and oxygen atoms in total. The first kappa shape index (κ1) is 56.8. The summed E-state index contributed by atoms with van der Waals surface area (Å²) < 4.78 is 19.5. The van der Waals surface area contributed by atoms with Crippen molar-refractivity contribution in [3.8, 4) is 24.4 Å². The van der Waals surface area contributed by atoms with Gasteiger partial charge in [0.25, 0.3) is 5.56 Å². The largest absolute Gasteiger partial charge is 0.513 e. The highest BCUT2D eigenvalue weighted by atomic mass is 35.5. The number of hydrogen-bond donors (Lipinski definition) is 3. The van der Waals surface area contributed by atoms with E-state index in [0.717, 1.165) is 62.6 Å². The van der Waals surface area contributed by atoms with Crippen LogP contribution in [0.5, 0.6) is 5.88 Å². The second kappa shape index (κ2) is 21.3. The van der Waals surface area contributed by atoms with Crippen molar-refractivity contribution in [1.82, 2.24) is 14.3 Å². The summed E-state index contributed by atoms with van der Waals surface area (Å²) in [5.74, 6) is 0.646. The number of carboxylic acids is 1. The lowest BCUT2D eigenvalue weighted by atomic mass is 9.33. The average Bonchev–Trinajstić information content (AvgIpc) is 3.74. The van der Waals surface area contributed by atoms with Gasteiger partial charge in [-0.15, -0.1) is 12.8 Å². The van der Waals surface area contributed by atoms with Gasteiger partial charge in [-0.2, -0.15) is 0 Å². The normalized spacial score (nSPS) is 29.7. The Labute approximate surface area is 416 Å². The summed E-state index contributed by atoms with van der Waals surface area (Å²) in [6.07, 6.45) is 17.6. The monoisotopic (exact) mass is 977 g/mol. The quantitative estimate of drug-likeness (QED) is 0.0681. The number of hydrogen-bond acceptors (Lipinski definition) is 10. The van der Waals surface area contributed by atoms with Crippen LogP contribution in [0.1, 0.15) is 159 Å². The molecular weight excluding hydrogens is 896 g/mol. The SMILES string of the molecule is C#C.C=C(O)CC.CCn1c(C23CC[C@]4(C)C(CCC5C6(C)CCC(OC(=O)CC(C)(C)C(=O)O)C(C)(C)C6CCC54C)C2=C(C(C)C)C(=O)C3)c(Cl)c(=O)n1-c1ccc(OC)nc1.COC(C)=N. The van der Waals surface area contributed by atoms with E-state index in [1.54, 1.807) is 44.8 Å². The van der Waals surface area contributed by atoms with Crippen LogP contribution < -0.4 is 10.3 Å². The lowest BCUT2D eigenvalue weighted by molar-refractivity contribution is -0.232. The van der Waals surface area contributed by atoms with E-state index in [0.29, 0.717) is 42.8 Å². The molecule has 8 atom stereocenters. The number of esters is 1. The predicted octanol–water partition coefficient (Wildman–Crippen LogP) is 11.7. The van der Waals surface area contributed by atoms with Gasteiger partial charge in [0.15, 0.2) is 11.7 Å². The average molecular weight is 978 g/mol. The number of carboxylic acid groups (broad SMARTS) is 1. The zero-order valence-electron chi connectivity index (χ0n) is 43.9. The molecule has 382 valence electrons. The number of carbonyl (C=O) groups is 3. The van der Waals surface area contributed by atoms with E-state index >= 15 is 0 Å². The van der Waals surface area contributed by atoms with Gasteiger partial charge < -0.3 is 24.4 Å². The molecule has 2 heterocycles. The van der Waals surface area contributed by atoms with Crippen LogP contribution in [-0.4, -0.2) is 68.5 Å². The van der Waals surface area contributed by atoms with E-state index in [1.165, 1.54) is 12.7 Å². The molecule has 0 amide bonds. The Balaban J connectivity index is 0.000000776. The first-order chi connectivity index (χ1) is 32.1. The molecule has 69 heavy (non-hydrogen) atoms. The third-order valence-electron chi connectivity index (χ3n) is 17.5. The molecule has 5 aliphatic rings. The molecule has 7 rings (SSSR count). The van der Waals surface area contributed by atoms with Crippen LogP contribution in [0, 0.1) is 69.0 Å². The molecule has 3 N–H and O–H groups in total. The predicted molar refractivity (Wildman–Crippen MR) is 272 cm³/mol. The number of aromatic nitrogens is 3. The Kier molecular flexibility index (Phi) is 17.5. The number of nitrogens with zero attached hydrogens (tertiary/aromatic N) is 3. The van der Waals surface area contributed by atoms with Gasteiger partial charge in [0.1, 0.15) is 11.1 Å². The van der Waals surface area contributed by atoms with E-state index < -0.39 is 22.8 Å². The molecule has 2 aromatic rings. The number of aliphatic hydroxyl groups excluding tert-OH is 1. The topological polar surface area (TPSA) is 183 Å². The molecule has 5 aliphatic carbocycles. The molecular formula is C55H81ClN4O9. The standard InChI is InChI=1S/C46H64ClN3O7.C4H8O.C3H7NO.C2H2/c1-12-49-38(37(47)39(53)50(49)27-13-16-33(56-11)48-25-27)46-22-21-44(9)28(36(46)35(26(2)3)29(51)23-46)14-15-31-43(8)19-18-32(57-34(52)24-41(4,5)40(54)55)42(6,7)30(43)17-20-45(31,44)10;1-3-4(2)5;1-3(4)5-2;1-2/h13,16,25-26,28,30-32H,12,14-15,17-24H2,1-11H3,(H,54,55);5H,2-3H2,1H3;4H,1-2H3;1-2H/t28?,30?,31?,32?,43?,44-,45?,46?;;;/m1.../s1. The number of Topliss-reactive ketones (excluding diaryl/α,β-unsaturated/α-hetero) is 1. The van der Waals surface area contributed by atoms with Crippen molar-refractivity contribution in [1.29, 1.82) is 5.41 Å². The van der Waals surface area contributed by atoms with E-state index in [9.17, 15) is 24.3 Å². The Hall–Kier alpha value is -4.83. The van der Waals surface area contributed by atoms with Crippen molar-refractivity contribution in [2.75, 3.05) is 14.2 Å². The summed E-state index contributed by atoms with van der Waals surface area (Å²) >= 11 is 7.24. The van der Waals surface area contributed by atoms with Gasteiger partial charge >= 0.3 is 11.9 Å². The van der Waals surface area contributed by atoms with Gasteiger partial charge in [-0.1, -0.05) is 73.6 Å². The number of rotatable bonds is 10. The maximum Gasteiger partial charge on any atom is 0.309 e. The summed E-state index contributed by atoms with van der Waals surface area (Å²) in [5.41, 5.74) is 0.974. The van der Waals surface area contributed by atoms with Gasteiger partial charge in [0, 0.05) is 43.2 Å². The fraction of sp³-hybridized carbons (Fsp3) is 0.673. The smallest absolute Gasteiger partial charge is 0.309 e. The van der Waals surface area contributed by atoms with E-state index in [-0.39, 0.29) is 74.0 Å². The zero-order valence-corrected chi connectivity index (χ0v) is 44.7. The van der Waals surface area contributed by atoms with E-state index in [2.05, 4.69) is 77.6 Å². The van der Waals surface area contributed by atoms with Gasteiger partial charge in [0.05, 0.1) is 49.4 Å². The molecule has 0 radical (unpaired) electrons. The number of nitrogens with one attached hydrogen (secondary N) is 1. The number of methoxy groups -OCH3 is 2. The minimum Gasteiger partial charge on any atom is -0.513 e. The number of allylic oxidation sites excluding steroid dienone is 3. The Bertz CT molecular complexity index is 2360. The van der Waals surface area contributed by atoms with Gasteiger partial charge in [-0.25, -0.2) is 9.67 Å². The van der Waals surface area contributed by atoms with Crippen LogP contribution in [0.3, 0.4) is 0 Å². The van der Waals surface area contributed by atoms with Crippen molar-refractivity contribution in [2.45, 2.75) is 172 Å². The van der Waals surface area contributed by atoms with Crippen LogP contribution in [-0.2, 0) is 35.8 Å². The van der Waals surface area contributed by atoms with Crippen LogP contribution in [0.25, 0.3) is 5.69 Å². The Morgan fingerprint density at radius 3 is 2.07 bits per heavy atom. The molecule has 0 bridgehead atoms. The summed E-state index contributed by atoms with van der Waals surface area (Å²) in [6.45, 7) is 28.7. The highest BCUT2D eigenvalue weighted by Gasteiger charge is 2.71. The molecule has 0 saturated heterocycles. The molecule has 2 aromatic heterocycles. The number of carbonyl (C=O) groups excluding carboxylic acids is 2.